The summed E-state index contributed by atoms with van der Waals surface area (Å²) in [5.74, 6) is -1.76. The third kappa shape index (κ3) is 5.03. The summed E-state index contributed by atoms with van der Waals surface area (Å²) in [7, 11) is -4.03. The Morgan fingerprint density at radius 2 is 1.87 bits per heavy atom. The van der Waals surface area contributed by atoms with Gasteiger partial charge in [-0.25, -0.2) is 12.8 Å². The maximum atomic E-state index is 13.1. The maximum absolute atomic E-state index is 13.1. The van der Waals surface area contributed by atoms with E-state index in [4.69, 9.17) is 4.74 Å². The number of benzene rings is 2. The summed E-state index contributed by atoms with van der Waals surface area (Å²) in [6, 6.07) is 10.6. The van der Waals surface area contributed by atoms with E-state index in [-0.39, 0.29) is 22.3 Å². The third-order valence-electron chi connectivity index (χ3n) is 4.92. The third-order valence-corrected chi connectivity index (χ3v) is 6.99. The van der Waals surface area contributed by atoms with Crippen molar-refractivity contribution in [3.8, 4) is 0 Å². The molecule has 2 aromatic rings. The molecule has 2 amide bonds. The van der Waals surface area contributed by atoms with Crippen LogP contribution in [0.15, 0.2) is 53.4 Å². The highest BCUT2D eigenvalue weighted by atomic mass is 32.2. The average molecular weight is 434 g/mol. The second kappa shape index (κ2) is 9.36. The second-order valence-corrected chi connectivity index (χ2v) is 9.29. The van der Waals surface area contributed by atoms with Gasteiger partial charge in [0, 0.05) is 13.2 Å². The molecule has 30 heavy (non-hydrogen) atoms. The van der Waals surface area contributed by atoms with E-state index < -0.39 is 32.7 Å². The van der Waals surface area contributed by atoms with Gasteiger partial charge in [0.2, 0.25) is 5.91 Å². The lowest BCUT2D eigenvalue weighted by Crippen LogP contribution is -2.35. The van der Waals surface area contributed by atoms with Gasteiger partial charge < -0.3 is 15.4 Å². The van der Waals surface area contributed by atoms with Gasteiger partial charge in [0.25, 0.3) is 5.91 Å². The van der Waals surface area contributed by atoms with Crippen LogP contribution in [0.3, 0.4) is 0 Å². The highest BCUT2D eigenvalue weighted by Crippen LogP contribution is 2.20. The van der Waals surface area contributed by atoms with Gasteiger partial charge in [0.15, 0.2) is 9.84 Å². The number of carbonyl (C=O) groups is 2. The first-order valence-corrected chi connectivity index (χ1v) is 11.1. The van der Waals surface area contributed by atoms with Gasteiger partial charge in [0.1, 0.15) is 11.1 Å². The second-order valence-electron chi connectivity index (χ2n) is 7.02. The van der Waals surface area contributed by atoms with Gasteiger partial charge in [-0.05, 0) is 56.2 Å². The Bertz CT molecular complexity index is 1020. The Hall–Kier alpha value is -2.78. The number of amides is 2. The molecule has 2 unspecified atom stereocenters. The predicted molar refractivity (Wildman–Crippen MR) is 109 cm³/mol. The molecule has 1 saturated heterocycles. The van der Waals surface area contributed by atoms with Gasteiger partial charge in [-0.3, -0.25) is 9.59 Å². The molecule has 2 atom stereocenters. The van der Waals surface area contributed by atoms with E-state index in [1.54, 1.807) is 18.2 Å². The van der Waals surface area contributed by atoms with Crippen LogP contribution in [0.1, 0.15) is 30.1 Å². The zero-order valence-corrected chi connectivity index (χ0v) is 17.2. The molecule has 1 heterocycles. The largest absolute Gasteiger partial charge is 0.376 e. The number of hydrogen-bond donors (Lipinski definition) is 2. The maximum Gasteiger partial charge on any atom is 0.253 e. The molecule has 0 aromatic heterocycles. The molecule has 1 fully saturated rings. The molecular weight excluding hydrogens is 411 g/mol. The van der Waals surface area contributed by atoms with Crippen molar-refractivity contribution in [3.63, 3.8) is 0 Å². The van der Waals surface area contributed by atoms with Crippen LogP contribution >= 0.6 is 0 Å². The summed E-state index contributed by atoms with van der Waals surface area (Å²) in [4.78, 5) is 25.0. The molecule has 1 aliphatic heterocycles. The number of sulfone groups is 1. The van der Waals surface area contributed by atoms with Gasteiger partial charge in [-0.1, -0.05) is 12.1 Å². The minimum Gasteiger partial charge on any atom is -0.376 e. The highest BCUT2D eigenvalue weighted by Gasteiger charge is 2.30. The molecule has 0 radical (unpaired) electrons. The number of halogens is 1. The van der Waals surface area contributed by atoms with Crippen molar-refractivity contribution in [1.29, 1.82) is 0 Å². The first kappa shape index (κ1) is 21.9. The van der Waals surface area contributed by atoms with Crippen molar-refractivity contribution in [3.05, 3.63) is 59.9 Å². The van der Waals surface area contributed by atoms with E-state index in [0.29, 0.717) is 13.2 Å². The van der Waals surface area contributed by atoms with Crippen molar-refractivity contribution >= 4 is 27.3 Å². The van der Waals surface area contributed by atoms with Crippen molar-refractivity contribution in [1.82, 2.24) is 5.32 Å². The quantitative estimate of drug-likeness (QED) is 0.652. The van der Waals surface area contributed by atoms with Crippen LogP contribution in [0.25, 0.3) is 0 Å². The summed E-state index contributed by atoms with van der Waals surface area (Å²) in [6.45, 7) is 2.28. The van der Waals surface area contributed by atoms with E-state index >= 15 is 0 Å². The fourth-order valence-corrected chi connectivity index (χ4v) is 4.37. The minimum atomic E-state index is -4.03. The molecule has 2 aromatic carbocycles. The minimum absolute atomic E-state index is 0.0309. The van der Waals surface area contributed by atoms with E-state index in [9.17, 15) is 22.4 Å². The van der Waals surface area contributed by atoms with Crippen LogP contribution in [0, 0.1) is 5.82 Å². The molecule has 0 spiro atoms. The zero-order valence-electron chi connectivity index (χ0n) is 16.4. The summed E-state index contributed by atoms with van der Waals surface area (Å²) >= 11 is 0. The molecule has 9 heteroatoms. The number of rotatable bonds is 7. The van der Waals surface area contributed by atoms with Crippen molar-refractivity contribution < 1.29 is 27.1 Å². The van der Waals surface area contributed by atoms with Crippen LogP contribution in [-0.2, 0) is 19.4 Å². The van der Waals surface area contributed by atoms with Crippen LogP contribution in [-0.4, -0.2) is 44.7 Å². The number of anilines is 1. The Balaban J connectivity index is 1.71. The summed E-state index contributed by atoms with van der Waals surface area (Å²) in [5.41, 5.74) is 0.420. The fraction of sp³-hybridized carbons (Fsp3) is 0.333. The number of hydrogen-bond acceptors (Lipinski definition) is 5. The Kier molecular flexibility index (Phi) is 6.84. The topological polar surface area (TPSA) is 102 Å². The molecule has 1 aliphatic rings. The summed E-state index contributed by atoms with van der Waals surface area (Å²) in [6.07, 6.45) is 1.79. The molecule has 0 aliphatic carbocycles. The van der Waals surface area contributed by atoms with Crippen molar-refractivity contribution in [2.24, 2.45) is 0 Å². The standard InChI is InChI=1S/C21H23FN2O5S/c1-14(30(27,28)17-10-8-15(22)9-11-17)20(25)24-19-7-3-2-6-18(19)21(26)23-13-16-5-4-12-29-16/h2-3,6-11,14,16H,4-5,12-13H2,1H3,(H,23,26)(H,24,25). The first-order valence-electron chi connectivity index (χ1n) is 9.58. The van der Waals surface area contributed by atoms with Crippen LogP contribution < -0.4 is 10.6 Å². The summed E-state index contributed by atoms with van der Waals surface area (Å²) in [5, 5.41) is 3.86. The lowest BCUT2D eigenvalue weighted by atomic mass is 10.1. The molecule has 0 bridgehead atoms. The molecular formula is C21H23FN2O5S. The van der Waals surface area contributed by atoms with Gasteiger partial charge in [-0.15, -0.1) is 0 Å². The van der Waals surface area contributed by atoms with Gasteiger partial charge in [0.05, 0.1) is 22.3 Å². The highest BCUT2D eigenvalue weighted by molar-refractivity contribution is 7.92. The average Bonchev–Trinajstić information content (AvgIpc) is 3.26. The lowest BCUT2D eigenvalue weighted by molar-refractivity contribution is -0.115. The Morgan fingerprint density at radius 1 is 1.17 bits per heavy atom. The first-order chi connectivity index (χ1) is 14.3. The van der Waals surface area contributed by atoms with Crippen LogP contribution in [0.5, 0.6) is 0 Å². The predicted octanol–water partition coefficient (Wildman–Crippen LogP) is 2.54. The van der Waals surface area contributed by atoms with E-state index in [0.717, 1.165) is 37.1 Å². The van der Waals surface area contributed by atoms with Crippen LogP contribution in [0.4, 0.5) is 10.1 Å². The van der Waals surface area contributed by atoms with Crippen molar-refractivity contribution in [2.75, 3.05) is 18.5 Å². The van der Waals surface area contributed by atoms with Crippen LogP contribution in [0.2, 0.25) is 0 Å². The SMILES string of the molecule is CC(C(=O)Nc1ccccc1C(=O)NCC1CCCO1)S(=O)(=O)c1ccc(F)cc1. The molecule has 2 N–H and O–H groups in total. The van der Waals surface area contributed by atoms with E-state index in [1.165, 1.54) is 13.0 Å². The Morgan fingerprint density at radius 3 is 2.53 bits per heavy atom. The lowest BCUT2D eigenvalue weighted by Gasteiger charge is -2.16. The van der Waals surface area contributed by atoms with E-state index in [1.807, 2.05) is 0 Å². The molecule has 3 rings (SSSR count). The fourth-order valence-electron chi connectivity index (χ4n) is 3.10. The number of ether oxygens (including phenoxy) is 1. The van der Waals surface area contributed by atoms with Gasteiger partial charge in [-0.2, -0.15) is 0 Å². The number of nitrogens with one attached hydrogen (secondary N) is 2. The zero-order chi connectivity index (χ0) is 21.7. The summed E-state index contributed by atoms with van der Waals surface area (Å²) < 4.78 is 43.9. The van der Waals surface area contributed by atoms with Gasteiger partial charge >= 0.3 is 0 Å². The molecule has 0 saturated carbocycles. The normalized spacial score (nSPS) is 17.3. The number of carbonyl (C=O) groups excluding carboxylic acids is 2. The van der Waals surface area contributed by atoms with E-state index in [2.05, 4.69) is 10.6 Å². The number of para-hydroxylation sites is 1. The Labute approximate surface area is 174 Å². The van der Waals surface area contributed by atoms with Crippen molar-refractivity contribution in [2.45, 2.75) is 36.0 Å². The smallest absolute Gasteiger partial charge is 0.253 e. The molecule has 7 nitrogen and oxygen atoms in total. The molecule has 160 valence electrons. The monoisotopic (exact) mass is 434 g/mol.